The molecule has 0 aliphatic rings. The molecule has 0 N–H and O–H groups in total. The van der Waals surface area contributed by atoms with E-state index in [9.17, 15) is 60.4 Å². The minimum atomic E-state index is -1.71. The third-order valence-electron chi connectivity index (χ3n) is 9.86. The second kappa shape index (κ2) is 23.0. The van der Waals surface area contributed by atoms with E-state index in [0.717, 1.165) is 117 Å². The van der Waals surface area contributed by atoms with E-state index in [1.807, 2.05) is 24.3 Å². The number of fused-ring (bicyclic) bond motifs is 6. The van der Waals surface area contributed by atoms with Crippen molar-refractivity contribution in [2.24, 2.45) is 0 Å². The molecular formula is C48H28Cu2N8O12. The Bertz CT molecular complexity index is 3120. The van der Waals surface area contributed by atoms with Gasteiger partial charge in [-0.25, -0.2) is 0 Å². The molecule has 20 nitrogen and oxygen atoms in total. The molecular weight excluding hydrogens is 1010 g/mol. The maximum Gasteiger partial charge on any atom is 2.00 e. The van der Waals surface area contributed by atoms with E-state index in [0.29, 0.717) is 0 Å². The van der Waals surface area contributed by atoms with Crippen LogP contribution in [0.3, 0.4) is 0 Å². The van der Waals surface area contributed by atoms with Crippen molar-refractivity contribution in [2.75, 3.05) is 0 Å². The molecule has 70 heavy (non-hydrogen) atoms. The molecule has 8 aromatic heterocycles. The Kier molecular flexibility index (Phi) is 17.0. The Morgan fingerprint density at radius 1 is 0.314 bits per heavy atom. The molecule has 2 radical (unpaired) electrons. The number of carboxylic acid groups (broad SMARTS) is 4. The first-order valence-electron chi connectivity index (χ1n) is 19.7. The molecule has 0 spiro atoms. The molecule has 8 heterocycles. The van der Waals surface area contributed by atoms with Gasteiger partial charge < -0.3 is 60.4 Å². The molecule has 0 fully saturated rings. The molecule has 0 saturated carbocycles. The quantitative estimate of drug-likeness (QED) is 0.0933. The molecule has 0 atom stereocenters. The van der Waals surface area contributed by atoms with E-state index in [1.165, 1.54) is 0 Å². The van der Waals surface area contributed by atoms with E-state index in [-0.39, 0.29) is 53.1 Å². The van der Waals surface area contributed by atoms with Crippen LogP contribution < -0.4 is 39.3 Å². The van der Waals surface area contributed by atoms with Crippen molar-refractivity contribution < 1.29 is 92.7 Å². The summed E-state index contributed by atoms with van der Waals surface area (Å²) in [4.78, 5) is 61.4. The number of nitrogens with zero attached hydrogens (tertiary/aromatic N) is 8. The first-order chi connectivity index (χ1) is 32.8. The van der Waals surface area contributed by atoms with Crippen LogP contribution in [0.1, 0.15) is 41.4 Å². The van der Waals surface area contributed by atoms with Crippen molar-refractivity contribution in [3.8, 4) is 22.8 Å². The van der Waals surface area contributed by atoms with Crippen LogP contribution in [0.25, 0.3) is 66.4 Å². The average Bonchev–Trinajstić information content (AvgIpc) is 3.34. The summed E-state index contributed by atoms with van der Waals surface area (Å²) in [6.07, 6.45) is 11.0. The van der Waals surface area contributed by atoms with Gasteiger partial charge >= 0.3 is 34.1 Å². The fourth-order valence-corrected chi connectivity index (χ4v) is 6.90. The van der Waals surface area contributed by atoms with Gasteiger partial charge in [0.2, 0.25) is 0 Å². The number of benzene rings is 2. The van der Waals surface area contributed by atoms with Gasteiger partial charge in [-0.2, -0.15) is 18.9 Å². The SMILES string of the molecule is O=C([O-])c1ccc[n+]([O-])c1-c1c(C(=O)[O-])ccc[n+]1[O-].O=C([O-])c1ccc[n+]([O-])c1-c1c(C(=O)[O-])ccc[n+]1[O-].[Cu+2].[Cu+2].c1cnc2c(c1)ccc1cccnc12.c1cnc2c(c1)ccc1cccnc12. The number of rotatable bonds is 6. The zero-order valence-electron chi connectivity index (χ0n) is 35.2. The molecule has 354 valence electrons. The molecule has 2 aromatic carbocycles. The number of pyridine rings is 8. The third kappa shape index (κ3) is 11.1. The van der Waals surface area contributed by atoms with E-state index >= 15 is 0 Å². The second-order valence-corrected chi connectivity index (χ2v) is 14.0. The molecule has 22 heteroatoms. The van der Waals surface area contributed by atoms with Crippen LogP contribution in [0.5, 0.6) is 0 Å². The topological polar surface area (TPSA) is 320 Å². The Morgan fingerprint density at radius 3 is 0.700 bits per heavy atom. The average molecular weight is 1040 g/mol. The van der Waals surface area contributed by atoms with Gasteiger partial charge in [-0.15, -0.1) is 0 Å². The summed E-state index contributed by atoms with van der Waals surface area (Å²) >= 11 is 0. The van der Waals surface area contributed by atoms with Crippen molar-refractivity contribution in [1.29, 1.82) is 0 Å². The molecule has 0 bridgehead atoms. The molecule has 0 amide bonds. The minimum absolute atomic E-state index is 0. The predicted octanol–water partition coefficient (Wildman–Crippen LogP) is 0.256. The van der Waals surface area contributed by atoms with Crippen LogP contribution in [-0.4, -0.2) is 43.8 Å². The number of carbonyl (C=O) groups excluding carboxylic acids is 4. The van der Waals surface area contributed by atoms with E-state index < -0.39 is 68.9 Å². The van der Waals surface area contributed by atoms with E-state index in [4.69, 9.17) is 0 Å². The van der Waals surface area contributed by atoms with E-state index in [1.54, 1.807) is 24.8 Å². The Labute approximate surface area is 415 Å². The Hall–Kier alpha value is -9.20. The normalized spacial score (nSPS) is 10.2. The Balaban J connectivity index is 0.000000174. The third-order valence-corrected chi connectivity index (χ3v) is 9.86. The fraction of sp³-hybridized carbons (Fsp3) is 0. The van der Waals surface area contributed by atoms with Crippen molar-refractivity contribution in [3.05, 3.63) is 214 Å². The number of carboxylic acids is 4. The summed E-state index contributed by atoms with van der Waals surface area (Å²) in [5, 5.41) is 95.5. The van der Waals surface area contributed by atoms with Gasteiger partial charge in [0, 0.05) is 70.6 Å². The van der Waals surface area contributed by atoms with Crippen LogP contribution in [0, 0.1) is 20.8 Å². The summed E-state index contributed by atoms with van der Waals surface area (Å²) in [5.41, 5.74) is -0.968. The van der Waals surface area contributed by atoms with Gasteiger partial charge in [-0.05, 0) is 48.5 Å². The maximum absolute atomic E-state index is 11.7. The summed E-state index contributed by atoms with van der Waals surface area (Å²) in [6.45, 7) is 0. The van der Waals surface area contributed by atoms with Crippen molar-refractivity contribution in [1.82, 2.24) is 19.9 Å². The van der Waals surface area contributed by atoms with E-state index in [2.05, 4.69) is 68.5 Å². The molecule has 0 saturated heterocycles. The monoisotopic (exact) mass is 1030 g/mol. The smallest absolute Gasteiger partial charge is 0.618 e. The fourth-order valence-electron chi connectivity index (χ4n) is 6.90. The molecule has 10 rings (SSSR count). The van der Waals surface area contributed by atoms with Crippen LogP contribution in [0.4, 0.5) is 0 Å². The van der Waals surface area contributed by atoms with Crippen LogP contribution in [0.2, 0.25) is 0 Å². The molecule has 10 aromatic rings. The first kappa shape index (κ1) is 51.8. The van der Waals surface area contributed by atoms with Gasteiger partial charge in [-0.3, -0.25) is 19.9 Å². The second-order valence-electron chi connectivity index (χ2n) is 14.0. The van der Waals surface area contributed by atoms with Crippen molar-refractivity contribution >= 4 is 67.5 Å². The van der Waals surface area contributed by atoms with Gasteiger partial charge in [0.25, 0.3) is 22.8 Å². The van der Waals surface area contributed by atoms with Crippen molar-refractivity contribution in [3.63, 3.8) is 0 Å². The van der Waals surface area contributed by atoms with Gasteiger partial charge in [0.1, 0.15) is 0 Å². The molecule has 0 unspecified atom stereocenters. The van der Waals surface area contributed by atoms with Crippen LogP contribution >= 0.6 is 0 Å². The number of hydrogen-bond donors (Lipinski definition) is 0. The zero-order chi connectivity index (χ0) is 48.5. The number of hydrogen-bond acceptors (Lipinski definition) is 16. The Morgan fingerprint density at radius 2 is 0.514 bits per heavy atom. The van der Waals surface area contributed by atoms with Gasteiger partial charge in [-0.1, -0.05) is 48.5 Å². The van der Waals surface area contributed by atoms with Crippen molar-refractivity contribution in [2.45, 2.75) is 0 Å². The van der Waals surface area contributed by atoms with Crippen LogP contribution in [-0.2, 0) is 34.1 Å². The van der Waals surface area contributed by atoms with Crippen LogP contribution in [0.15, 0.2) is 171 Å². The summed E-state index contributed by atoms with van der Waals surface area (Å²) in [5.74, 6) is -6.84. The van der Waals surface area contributed by atoms with Gasteiger partial charge in [0.15, 0.2) is 24.8 Å². The zero-order valence-corrected chi connectivity index (χ0v) is 37.1. The standard InChI is InChI=1S/2C12H8N2O6.2C12H8N2.2Cu/c2*15-11(16)7-3-1-5-13(19)9(7)10-8(12(17)18)4-2-6-14(10)20;2*1-3-9-5-6-10-4-2-8-14-12(10)11(9)13-7-1;;/h2*1-6H,(H,15,16)(H,17,18);2*1-8H;;/q;;;;2*+2/p-4. The predicted molar refractivity (Wildman–Crippen MR) is 231 cm³/mol. The minimum Gasteiger partial charge on any atom is -0.618 e. The molecule has 0 aliphatic heterocycles. The maximum atomic E-state index is 11.7. The molecule has 0 aliphatic carbocycles. The summed E-state index contributed by atoms with van der Waals surface area (Å²) in [6, 6.07) is 33.0. The number of aromatic carboxylic acids is 4. The summed E-state index contributed by atoms with van der Waals surface area (Å²) < 4.78 is 0.339. The first-order valence-corrected chi connectivity index (χ1v) is 19.7. The number of carbonyl (C=O) groups is 4. The largest absolute Gasteiger partial charge is 2.00 e. The summed E-state index contributed by atoms with van der Waals surface area (Å²) in [7, 11) is 0. The number of aromatic nitrogens is 8. The van der Waals surface area contributed by atoms with Gasteiger partial charge in [0.05, 0.1) is 68.2 Å².